The van der Waals surface area contributed by atoms with Gasteiger partial charge in [0.25, 0.3) is 5.91 Å². The molecule has 1 N–H and O–H groups in total. The molecule has 0 saturated carbocycles. The first-order valence-electron chi connectivity index (χ1n) is 8.90. The van der Waals surface area contributed by atoms with Crippen molar-refractivity contribution in [3.63, 3.8) is 0 Å². The molecule has 3 rings (SSSR count). The molecule has 7 nitrogen and oxygen atoms in total. The van der Waals surface area contributed by atoms with Crippen molar-refractivity contribution in [2.24, 2.45) is 5.41 Å². The minimum Gasteiger partial charge on any atom is -0.381 e. The highest BCUT2D eigenvalue weighted by Gasteiger charge is 2.35. The maximum absolute atomic E-state index is 12.4. The van der Waals surface area contributed by atoms with Gasteiger partial charge in [0, 0.05) is 57.5 Å². The summed E-state index contributed by atoms with van der Waals surface area (Å²) in [6.07, 6.45) is 3.80. The van der Waals surface area contributed by atoms with Crippen LogP contribution >= 0.6 is 0 Å². The zero-order valence-electron chi connectivity index (χ0n) is 14.5. The van der Waals surface area contributed by atoms with Gasteiger partial charge in [-0.15, -0.1) is 0 Å². The smallest absolute Gasteiger partial charge is 0.271 e. The van der Waals surface area contributed by atoms with Crippen molar-refractivity contribution in [2.45, 2.75) is 26.3 Å². The molecular weight excluding hydrogens is 308 g/mol. The fraction of sp³-hybridized carbons (Fsp3) is 0.765. The van der Waals surface area contributed by atoms with Crippen molar-refractivity contribution in [2.75, 3.05) is 52.6 Å². The molecule has 2 aliphatic heterocycles. The number of aryl methyl sites for hydroxylation is 1. The molecule has 0 radical (unpaired) electrons. The van der Waals surface area contributed by atoms with Crippen LogP contribution in [0.4, 0.5) is 0 Å². The molecular formula is C17H28N4O3. The predicted octanol–water partition coefficient (Wildman–Crippen LogP) is 0.762. The van der Waals surface area contributed by atoms with Gasteiger partial charge in [0.15, 0.2) is 0 Å². The van der Waals surface area contributed by atoms with Crippen LogP contribution < -0.4 is 5.32 Å². The van der Waals surface area contributed by atoms with Crippen molar-refractivity contribution in [1.29, 1.82) is 0 Å². The number of carbonyl (C=O) groups is 1. The van der Waals surface area contributed by atoms with Crippen molar-refractivity contribution in [3.05, 3.63) is 18.0 Å². The molecule has 0 aliphatic carbocycles. The monoisotopic (exact) mass is 336 g/mol. The maximum atomic E-state index is 12.4. The Balaban J connectivity index is 1.59. The van der Waals surface area contributed by atoms with Crippen LogP contribution in [0.2, 0.25) is 0 Å². The minimum atomic E-state index is -0.0879. The second-order valence-electron chi connectivity index (χ2n) is 6.74. The van der Waals surface area contributed by atoms with E-state index >= 15 is 0 Å². The highest BCUT2D eigenvalue weighted by atomic mass is 16.5. The van der Waals surface area contributed by atoms with Gasteiger partial charge in [-0.25, -0.2) is 0 Å². The van der Waals surface area contributed by atoms with Crippen molar-refractivity contribution in [1.82, 2.24) is 20.0 Å². The standard InChI is InChI=1S/C17H28N4O3/c1-2-21-6-3-15(19-21)16(22)18-13-17(4-9-23-10-5-17)14-20-7-11-24-12-8-20/h3,6H,2,4-5,7-14H2,1H3,(H,18,22). The Morgan fingerprint density at radius 1 is 1.25 bits per heavy atom. The first-order valence-corrected chi connectivity index (χ1v) is 8.90. The van der Waals surface area contributed by atoms with Gasteiger partial charge >= 0.3 is 0 Å². The molecule has 1 aromatic heterocycles. The Bertz CT molecular complexity index is 534. The van der Waals surface area contributed by atoms with Crippen LogP contribution in [0.1, 0.15) is 30.3 Å². The normalized spacial score (nSPS) is 21.5. The van der Waals surface area contributed by atoms with Gasteiger partial charge in [0.2, 0.25) is 0 Å². The molecule has 2 saturated heterocycles. The molecule has 0 spiro atoms. The number of hydrogen-bond acceptors (Lipinski definition) is 5. The Hall–Kier alpha value is -1.44. The summed E-state index contributed by atoms with van der Waals surface area (Å²) >= 11 is 0. The van der Waals surface area contributed by atoms with E-state index in [0.29, 0.717) is 12.2 Å². The summed E-state index contributed by atoms with van der Waals surface area (Å²) in [4.78, 5) is 14.9. The lowest BCUT2D eigenvalue weighted by Crippen LogP contribution is -2.50. The van der Waals surface area contributed by atoms with Gasteiger partial charge in [0.1, 0.15) is 5.69 Å². The number of aromatic nitrogens is 2. The molecule has 24 heavy (non-hydrogen) atoms. The number of morpholine rings is 1. The fourth-order valence-corrected chi connectivity index (χ4v) is 3.45. The molecule has 2 aliphatic rings. The summed E-state index contributed by atoms with van der Waals surface area (Å²) in [6, 6.07) is 1.78. The summed E-state index contributed by atoms with van der Waals surface area (Å²) in [6.45, 7) is 9.51. The highest BCUT2D eigenvalue weighted by Crippen LogP contribution is 2.31. The molecule has 7 heteroatoms. The fourth-order valence-electron chi connectivity index (χ4n) is 3.45. The van der Waals surface area contributed by atoms with Crippen LogP contribution in [0.3, 0.4) is 0 Å². The molecule has 0 aromatic carbocycles. The lowest BCUT2D eigenvalue weighted by molar-refractivity contribution is -0.0283. The Kier molecular flexibility index (Phi) is 5.86. The Labute approximate surface area is 143 Å². The van der Waals surface area contributed by atoms with E-state index < -0.39 is 0 Å². The lowest BCUT2D eigenvalue weighted by atomic mass is 9.79. The average molecular weight is 336 g/mol. The number of carbonyl (C=O) groups excluding carboxylic acids is 1. The predicted molar refractivity (Wildman–Crippen MR) is 90.0 cm³/mol. The number of nitrogens with one attached hydrogen (secondary N) is 1. The van der Waals surface area contributed by atoms with E-state index in [1.54, 1.807) is 10.7 Å². The van der Waals surface area contributed by atoms with Gasteiger partial charge in [-0.3, -0.25) is 14.4 Å². The van der Waals surface area contributed by atoms with Gasteiger partial charge in [-0.1, -0.05) is 0 Å². The van der Waals surface area contributed by atoms with Crippen LogP contribution in [0, 0.1) is 5.41 Å². The molecule has 0 atom stereocenters. The molecule has 2 fully saturated rings. The third-order valence-electron chi connectivity index (χ3n) is 5.04. The maximum Gasteiger partial charge on any atom is 0.271 e. The van der Waals surface area contributed by atoms with E-state index in [-0.39, 0.29) is 11.3 Å². The average Bonchev–Trinajstić information content (AvgIpc) is 3.11. The van der Waals surface area contributed by atoms with E-state index in [1.807, 2.05) is 13.1 Å². The van der Waals surface area contributed by atoms with Gasteiger partial charge in [-0.05, 0) is 25.8 Å². The van der Waals surface area contributed by atoms with Gasteiger partial charge < -0.3 is 14.8 Å². The molecule has 0 bridgehead atoms. The van der Waals surface area contributed by atoms with Crippen molar-refractivity contribution >= 4 is 5.91 Å². The Morgan fingerprint density at radius 3 is 2.62 bits per heavy atom. The van der Waals surface area contributed by atoms with E-state index in [9.17, 15) is 4.79 Å². The summed E-state index contributed by atoms with van der Waals surface area (Å²) in [5.74, 6) is -0.0879. The van der Waals surface area contributed by atoms with E-state index in [4.69, 9.17) is 9.47 Å². The quantitative estimate of drug-likeness (QED) is 0.831. The van der Waals surface area contributed by atoms with Gasteiger partial charge in [-0.2, -0.15) is 5.10 Å². The molecule has 134 valence electrons. The first kappa shape index (κ1) is 17.4. The molecule has 0 unspecified atom stereocenters. The van der Waals surface area contributed by atoms with Gasteiger partial charge in [0.05, 0.1) is 13.2 Å². The summed E-state index contributed by atoms with van der Waals surface area (Å²) in [5, 5.41) is 7.39. The summed E-state index contributed by atoms with van der Waals surface area (Å²) < 4.78 is 12.8. The minimum absolute atomic E-state index is 0.0819. The van der Waals surface area contributed by atoms with Crippen LogP contribution in [0.15, 0.2) is 12.3 Å². The van der Waals surface area contributed by atoms with Crippen LogP contribution in [0.5, 0.6) is 0 Å². The van der Waals surface area contributed by atoms with Crippen molar-refractivity contribution < 1.29 is 14.3 Å². The van der Waals surface area contributed by atoms with Crippen LogP contribution in [0.25, 0.3) is 0 Å². The molecule has 3 heterocycles. The third-order valence-corrected chi connectivity index (χ3v) is 5.04. The van der Waals surface area contributed by atoms with Crippen LogP contribution in [-0.4, -0.2) is 73.2 Å². The highest BCUT2D eigenvalue weighted by molar-refractivity contribution is 5.92. The first-order chi connectivity index (χ1) is 11.7. The second kappa shape index (κ2) is 8.09. The summed E-state index contributed by atoms with van der Waals surface area (Å²) in [5.41, 5.74) is 0.573. The van der Waals surface area contributed by atoms with E-state index in [1.165, 1.54) is 0 Å². The Morgan fingerprint density at radius 2 is 1.96 bits per heavy atom. The zero-order chi connectivity index (χ0) is 16.8. The molecule has 1 aromatic rings. The molecule has 1 amide bonds. The van der Waals surface area contributed by atoms with Crippen LogP contribution in [-0.2, 0) is 16.0 Å². The lowest BCUT2D eigenvalue weighted by Gasteiger charge is -2.42. The number of rotatable bonds is 6. The number of nitrogens with zero attached hydrogens (tertiary/aromatic N) is 3. The second-order valence-corrected chi connectivity index (χ2v) is 6.74. The SMILES string of the molecule is CCn1ccc(C(=O)NCC2(CN3CCOCC3)CCOCC2)n1. The zero-order valence-corrected chi connectivity index (χ0v) is 14.5. The van der Waals surface area contributed by atoms with E-state index in [2.05, 4.69) is 15.3 Å². The topological polar surface area (TPSA) is 68.6 Å². The number of ether oxygens (including phenoxy) is 2. The third kappa shape index (κ3) is 4.34. The van der Waals surface area contributed by atoms with Crippen molar-refractivity contribution in [3.8, 4) is 0 Å². The number of amides is 1. The largest absolute Gasteiger partial charge is 0.381 e. The van der Waals surface area contributed by atoms with E-state index in [0.717, 1.165) is 65.4 Å². The summed E-state index contributed by atoms with van der Waals surface area (Å²) in [7, 11) is 0. The number of hydrogen-bond donors (Lipinski definition) is 1.